The van der Waals surface area contributed by atoms with Crippen molar-refractivity contribution < 1.29 is 9.47 Å². The average Bonchev–Trinajstić information content (AvgIpc) is 3.21. The lowest BCUT2D eigenvalue weighted by Crippen LogP contribution is -2.43. The lowest BCUT2D eigenvalue weighted by molar-refractivity contribution is 0.0310. The maximum absolute atomic E-state index is 5.48. The van der Waals surface area contributed by atoms with Crippen molar-refractivity contribution in [2.45, 2.75) is 45.3 Å². The molecule has 0 amide bonds. The van der Waals surface area contributed by atoms with Gasteiger partial charge in [0.1, 0.15) is 5.75 Å². The van der Waals surface area contributed by atoms with Crippen LogP contribution in [0.4, 0.5) is 0 Å². The number of hydrogen-bond acceptors (Lipinski definition) is 4. The number of hydrogen-bond donors (Lipinski definition) is 2. The highest BCUT2D eigenvalue weighted by atomic mass is 127. The SMILES string of the molecule is CCNC(=NCC(C)(C)OC)NCC(c1ccc(OC)cc1)N1CCCC1.I. The minimum atomic E-state index is -0.271. The van der Waals surface area contributed by atoms with E-state index in [9.17, 15) is 0 Å². The minimum Gasteiger partial charge on any atom is -0.497 e. The number of benzene rings is 1. The Morgan fingerprint density at radius 1 is 1.14 bits per heavy atom. The molecule has 1 aromatic rings. The summed E-state index contributed by atoms with van der Waals surface area (Å²) in [7, 11) is 3.43. The van der Waals surface area contributed by atoms with Crippen LogP contribution in [0.1, 0.15) is 45.2 Å². The third-order valence-corrected chi connectivity index (χ3v) is 5.06. The predicted octanol–water partition coefficient (Wildman–Crippen LogP) is 3.43. The Bertz CT molecular complexity index is 587. The van der Waals surface area contributed by atoms with Gasteiger partial charge in [-0.25, -0.2) is 0 Å². The summed E-state index contributed by atoms with van der Waals surface area (Å²) >= 11 is 0. The van der Waals surface area contributed by atoms with Crippen molar-refractivity contribution in [2.24, 2.45) is 4.99 Å². The largest absolute Gasteiger partial charge is 0.497 e. The maximum atomic E-state index is 5.48. The first-order valence-corrected chi connectivity index (χ1v) is 9.94. The normalized spacial score (nSPS) is 16.4. The monoisotopic (exact) mass is 504 g/mol. The van der Waals surface area contributed by atoms with Crippen molar-refractivity contribution in [3.05, 3.63) is 29.8 Å². The van der Waals surface area contributed by atoms with E-state index in [1.165, 1.54) is 18.4 Å². The van der Waals surface area contributed by atoms with Crippen molar-refractivity contribution in [2.75, 3.05) is 46.9 Å². The van der Waals surface area contributed by atoms with Gasteiger partial charge in [0.2, 0.25) is 0 Å². The summed E-state index contributed by atoms with van der Waals surface area (Å²) in [6, 6.07) is 8.73. The number of likely N-dealkylation sites (tertiary alicyclic amines) is 1. The lowest BCUT2D eigenvalue weighted by atomic mass is 10.1. The summed E-state index contributed by atoms with van der Waals surface area (Å²) in [5, 5.41) is 6.87. The van der Waals surface area contributed by atoms with Crippen molar-refractivity contribution in [1.82, 2.24) is 15.5 Å². The molecule has 0 bridgehead atoms. The van der Waals surface area contributed by atoms with Crippen LogP contribution in [-0.2, 0) is 4.74 Å². The van der Waals surface area contributed by atoms with Gasteiger partial charge in [-0.05, 0) is 64.4 Å². The highest BCUT2D eigenvalue weighted by Crippen LogP contribution is 2.26. The van der Waals surface area contributed by atoms with Gasteiger partial charge < -0.3 is 20.1 Å². The van der Waals surface area contributed by atoms with E-state index in [1.54, 1.807) is 14.2 Å². The van der Waals surface area contributed by atoms with Crippen molar-refractivity contribution in [3.63, 3.8) is 0 Å². The number of ether oxygens (including phenoxy) is 2. The third-order valence-electron chi connectivity index (χ3n) is 5.06. The molecule has 0 aliphatic carbocycles. The molecule has 0 aromatic heterocycles. The van der Waals surface area contributed by atoms with Crippen molar-refractivity contribution in [3.8, 4) is 5.75 Å². The number of aliphatic imine (C=N–C) groups is 1. The molecule has 1 saturated heterocycles. The molecule has 2 rings (SSSR count). The number of methoxy groups -OCH3 is 2. The third kappa shape index (κ3) is 7.75. The van der Waals surface area contributed by atoms with E-state index in [2.05, 4.69) is 34.6 Å². The molecule has 0 saturated carbocycles. The lowest BCUT2D eigenvalue weighted by Gasteiger charge is -2.29. The summed E-state index contributed by atoms with van der Waals surface area (Å²) in [4.78, 5) is 7.26. The van der Waals surface area contributed by atoms with E-state index in [0.29, 0.717) is 12.6 Å². The van der Waals surface area contributed by atoms with E-state index in [1.807, 2.05) is 26.0 Å². The summed E-state index contributed by atoms with van der Waals surface area (Å²) in [6.07, 6.45) is 2.53. The van der Waals surface area contributed by atoms with Crippen LogP contribution < -0.4 is 15.4 Å². The van der Waals surface area contributed by atoms with E-state index < -0.39 is 0 Å². The molecule has 28 heavy (non-hydrogen) atoms. The fourth-order valence-corrected chi connectivity index (χ4v) is 3.21. The Morgan fingerprint density at radius 2 is 1.79 bits per heavy atom. The molecule has 1 aliphatic rings. The van der Waals surface area contributed by atoms with Gasteiger partial charge in [-0.15, -0.1) is 24.0 Å². The second kappa shape index (κ2) is 12.5. The van der Waals surface area contributed by atoms with Crippen LogP contribution >= 0.6 is 24.0 Å². The predicted molar refractivity (Wildman–Crippen MR) is 127 cm³/mol. The first-order valence-electron chi connectivity index (χ1n) is 9.94. The van der Waals surface area contributed by atoms with Gasteiger partial charge in [0.15, 0.2) is 5.96 Å². The van der Waals surface area contributed by atoms with Crippen LogP contribution in [0.2, 0.25) is 0 Å². The molecule has 0 spiro atoms. The molecule has 1 aromatic carbocycles. The van der Waals surface area contributed by atoms with Gasteiger partial charge in [0.25, 0.3) is 0 Å². The zero-order chi connectivity index (χ0) is 19.7. The minimum absolute atomic E-state index is 0. The van der Waals surface area contributed by atoms with E-state index in [-0.39, 0.29) is 29.6 Å². The Hall–Kier alpha value is -1.06. The second-order valence-electron chi connectivity index (χ2n) is 7.57. The molecule has 1 fully saturated rings. The number of rotatable bonds is 9. The van der Waals surface area contributed by atoms with Gasteiger partial charge in [0, 0.05) is 20.2 Å². The molecule has 1 heterocycles. The van der Waals surface area contributed by atoms with E-state index in [4.69, 9.17) is 14.5 Å². The van der Waals surface area contributed by atoms with Crippen LogP contribution in [0.25, 0.3) is 0 Å². The summed E-state index contributed by atoms with van der Waals surface area (Å²) in [6.45, 7) is 10.7. The fraction of sp³-hybridized carbons (Fsp3) is 0.667. The van der Waals surface area contributed by atoms with Crippen LogP contribution in [0, 0.1) is 0 Å². The molecule has 7 heteroatoms. The number of nitrogens with one attached hydrogen (secondary N) is 2. The molecule has 1 unspecified atom stereocenters. The van der Waals surface area contributed by atoms with Crippen LogP contribution in [-0.4, -0.2) is 63.4 Å². The summed E-state index contributed by atoms with van der Waals surface area (Å²) in [5.41, 5.74) is 1.03. The highest BCUT2D eigenvalue weighted by Gasteiger charge is 2.24. The van der Waals surface area contributed by atoms with Gasteiger partial charge in [-0.2, -0.15) is 0 Å². The molecular formula is C21H37IN4O2. The average molecular weight is 504 g/mol. The Kier molecular flexibility index (Phi) is 11.1. The molecule has 2 N–H and O–H groups in total. The smallest absolute Gasteiger partial charge is 0.191 e. The molecule has 1 aliphatic heterocycles. The van der Waals surface area contributed by atoms with Gasteiger partial charge >= 0.3 is 0 Å². The molecule has 6 nitrogen and oxygen atoms in total. The van der Waals surface area contributed by atoms with E-state index in [0.717, 1.165) is 37.9 Å². The number of nitrogens with zero attached hydrogens (tertiary/aromatic N) is 2. The Labute approximate surface area is 187 Å². The summed E-state index contributed by atoms with van der Waals surface area (Å²) < 4.78 is 10.8. The Balaban J connectivity index is 0.00000392. The molecule has 0 radical (unpaired) electrons. The standard InChI is InChI=1S/C21H36N4O2.HI/c1-6-22-20(24-16-21(2,3)27-5)23-15-19(25-13-7-8-14-25)17-9-11-18(26-4)12-10-17;/h9-12,19H,6-8,13-16H2,1-5H3,(H2,22,23,24);1H. The van der Waals surface area contributed by atoms with E-state index >= 15 is 0 Å². The van der Waals surface area contributed by atoms with Gasteiger partial charge in [-0.3, -0.25) is 9.89 Å². The van der Waals surface area contributed by atoms with Gasteiger partial charge in [0.05, 0.1) is 25.3 Å². The zero-order valence-electron chi connectivity index (χ0n) is 18.0. The fourth-order valence-electron chi connectivity index (χ4n) is 3.21. The molecular weight excluding hydrogens is 467 g/mol. The van der Waals surface area contributed by atoms with Crippen molar-refractivity contribution >= 4 is 29.9 Å². The van der Waals surface area contributed by atoms with Gasteiger partial charge in [-0.1, -0.05) is 12.1 Å². The second-order valence-corrected chi connectivity index (χ2v) is 7.57. The quantitative estimate of drug-likeness (QED) is 0.307. The van der Waals surface area contributed by atoms with Crippen molar-refractivity contribution in [1.29, 1.82) is 0 Å². The van der Waals surface area contributed by atoms with Crippen LogP contribution in [0.3, 0.4) is 0 Å². The first kappa shape index (κ1) is 25.0. The van der Waals surface area contributed by atoms with Crippen LogP contribution in [0.15, 0.2) is 29.3 Å². The number of halogens is 1. The highest BCUT2D eigenvalue weighted by molar-refractivity contribution is 14.0. The van der Waals surface area contributed by atoms with Crippen LogP contribution in [0.5, 0.6) is 5.75 Å². The topological polar surface area (TPSA) is 58.1 Å². The Morgan fingerprint density at radius 3 is 2.32 bits per heavy atom. The number of guanidine groups is 1. The summed E-state index contributed by atoms with van der Waals surface area (Å²) in [5.74, 6) is 1.73. The molecule has 160 valence electrons. The zero-order valence-corrected chi connectivity index (χ0v) is 20.3. The molecule has 1 atom stereocenters. The first-order chi connectivity index (χ1) is 13.0. The maximum Gasteiger partial charge on any atom is 0.191 e.